The highest BCUT2D eigenvalue weighted by molar-refractivity contribution is 8.03. The van der Waals surface area contributed by atoms with Crippen molar-refractivity contribution in [2.24, 2.45) is 0 Å². The number of para-hydroxylation sites is 2. The first-order valence-electron chi connectivity index (χ1n) is 12.1. The van der Waals surface area contributed by atoms with Crippen LogP contribution in [0.1, 0.15) is 30.9 Å². The van der Waals surface area contributed by atoms with Crippen molar-refractivity contribution in [3.8, 4) is 6.07 Å². The van der Waals surface area contributed by atoms with Gasteiger partial charge in [-0.2, -0.15) is 5.26 Å². The van der Waals surface area contributed by atoms with Gasteiger partial charge >= 0.3 is 0 Å². The van der Waals surface area contributed by atoms with Crippen LogP contribution in [0.4, 0.5) is 11.4 Å². The lowest BCUT2D eigenvalue weighted by Crippen LogP contribution is -2.31. The maximum Gasteiger partial charge on any atom is 0.254 e. The van der Waals surface area contributed by atoms with Crippen LogP contribution in [0.25, 0.3) is 0 Å². The molecule has 7 heteroatoms. The van der Waals surface area contributed by atoms with E-state index >= 15 is 0 Å². The van der Waals surface area contributed by atoms with Gasteiger partial charge in [-0.1, -0.05) is 85.4 Å². The van der Waals surface area contributed by atoms with Crippen molar-refractivity contribution in [2.75, 3.05) is 16.4 Å². The first-order valence-corrected chi connectivity index (χ1v) is 13.0. The second-order valence-electron chi connectivity index (χ2n) is 8.53. The highest BCUT2D eigenvalue weighted by Crippen LogP contribution is 2.41. The van der Waals surface area contributed by atoms with Gasteiger partial charge in [0.15, 0.2) is 0 Å². The molecule has 0 aliphatic carbocycles. The molecule has 4 rings (SSSR count). The molecule has 0 aromatic heterocycles. The Morgan fingerprint density at radius 1 is 0.946 bits per heavy atom. The summed E-state index contributed by atoms with van der Waals surface area (Å²) in [6.07, 6.45) is 0.811. The molecule has 37 heavy (non-hydrogen) atoms. The van der Waals surface area contributed by atoms with Gasteiger partial charge < -0.3 is 16.0 Å². The highest BCUT2D eigenvalue weighted by atomic mass is 32.2. The molecule has 3 aromatic rings. The van der Waals surface area contributed by atoms with Crippen molar-refractivity contribution in [3.05, 3.63) is 118 Å². The van der Waals surface area contributed by atoms with Gasteiger partial charge in [0.05, 0.1) is 28.3 Å². The Bertz CT molecular complexity index is 1390. The molecule has 1 aliphatic heterocycles. The Balaban J connectivity index is 1.60. The van der Waals surface area contributed by atoms with Gasteiger partial charge in [-0.3, -0.25) is 9.59 Å². The molecule has 1 atom stereocenters. The zero-order valence-electron chi connectivity index (χ0n) is 20.7. The quantitative estimate of drug-likeness (QED) is 0.349. The van der Waals surface area contributed by atoms with Crippen LogP contribution >= 0.6 is 11.8 Å². The lowest BCUT2D eigenvalue weighted by atomic mass is 9.82. The second kappa shape index (κ2) is 12.1. The lowest BCUT2D eigenvalue weighted by Gasteiger charge is -2.30. The van der Waals surface area contributed by atoms with Gasteiger partial charge in [0.1, 0.15) is 0 Å². The van der Waals surface area contributed by atoms with Gasteiger partial charge in [0.2, 0.25) is 5.91 Å². The van der Waals surface area contributed by atoms with E-state index in [9.17, 15) is 14.9 Å². The number of nitrogens with one attached hydrogen (secondary N) is 3. The van der Waals surface area contributed by atoms with Gasteiger partial charge in [0.25, 0.3) is 5.91 Å². The summed E-state index contributed by atoms with van der Waals surface area (Å²) >= 11 is 1.26. The van der Waals surface area contributed by atoms with E-state index in [-0.39, 0.29) is 17.6 Å². The third-order valence-corrected chi connectivity index (χ3v) is 7.09. The number of hydrogen-bond acceptors (Lipinski definition) is 5. The molecule has 1 aliphatic rings. The fourth-order valence-corrected chi connectivity index (χ4v) is 5.19. The minimum absolute atomic E-state index is 0.117. The number of amides is 2. The number of hydrogen-bond donors (Lipinski definition) is 3. The molecule has 0 spiro atoms. The molecule has 0 fully saturated rings. The summed E-state index contributed by atoms with van der Waals surface area (Å²) in [6.45, 7) is 3.86. The van der Waals surface area contributed by atoms with E-state index in [2.05, 4.69) is 22.0 Å². The number of carbonyl (C=O) groups excluding carboxylic acids is 2. The smallest absolute Gasteiger partial charge is 0.254 e. The molecular weight excluding hydrogens is 480 g/mol. The number of dihydropyridines is 1. The Morgan fingerprint density at radius 2 is 1.59 bits per heavy atom. The van der Waals surface area contributed by atoms with Crippen molar-refractivity contribution in [1.82, 2.24) is 5.32 Å². The maximum atomic E-state index is 13.4. The predicted octanol–water partition coefficient (Wildman–Crippen LogP) is 5.96. The zero-order valence-corrected chi connectivity index (χ0v) is 21.6. The summed E-state index contributed by atoms with van der Waals surface area (Å²) in [4.78, 5) is 26.2. The number of rotatable bonds is 8. The Kier molecular flexibility index (Phi) is 8.44. The van der Waals surface area contributed by atoms with Crippen molar-refractivity contribution >= 4 is 35.0 Å². The van der Waals surface area contributed by atoms with E-state index in [4.69, 9.17) is 0 Å². The van der Waals surface area contributed by atoms with Crippen LogP contribution < -0.4 is 16.0 Å². The van der Waals surface area contributed by atoms with E-state index < -0.39 is 5.92 Å². The Labute approximate surface area is 221 Å². The van der Waals surface area contributed by atoms with Crippen molar-refractivity contribution in [1.29, 1.82) is 5.26 Å². The first-order chi connectivity index (χ1) is 18.0. The molecule has 0 radical (unpaired) electrons. The van der Waals surface area contributed by atoms with Crippen LogP contribution in [0.15, 0.2) is 107 Å². The van der Waals surface area contributed by atoms with Gasteiger partial charge in [0, 0.05) is 22.6 Å². The number of nitriles is 1. The van der Waals surface area contributed by atoms with E-state index in [0.717, 1.165) is 23.2 Å². The number of aryl methyl sites for hydroxylation is 1. The molecule has 0 bridgehead atoms. The average Bonchev–Trinajstić information content (AvgIpc) is 2.92. The third kappa shape index (κ3) is 6.11. The van der Waals surface area contributed by atoms with Gasteiger partial charge in [-0.15, -0.1) is 0 Å². The number of carbonyl (C=O) groups is 2. The monoisotopic (exact) mass is 508 g/mol. The van der Waals surface area contributed by atoms with E-state index in [1.807, 2.05) is 98.8 Å². The summed E-state index contributed by atoms with van der Waals surface area (Å²) in [7, 11) is 0. The summed E-state index contributed by atoms with van der Waals surface area (Å²) in [6, 6.07) is 28.7. The van der Waals surface area contributed by atoms with Crippen LogP contribution in [-0.4, -0.2) is 17.6 Å². The molecule has 0 saturated heterocycles. The number of anilines is 2. The topological polar surface area (TPSA) is 94.0 Å². The van der Waals surface area contributed by atoms with E-state index in [1.165, 1.54) is 11.8 Å². The lowest BCUT2D eigenvalue weighted by molar-refractivity contribution is -0.114. The summed E-state index contributed by atoms with van der Waals surface area (Å²) in [5.74, 6) is -0.896. The molecule has 0 unspecified atom stereocenters. The number of nitrogens with zero attached hydrogens (tertiary/aromatic N) is 1. The third-order valence-electron chi connectivity index (χ3n) is 6.08. The van der Waals surface area contributed by atoms with Gasteiger partial charge in [-0.05, 0) is 42.7 Å². The molecule has 186 valence electrons. The van der Waals surface area contributed by atoms with Crippen LogP contribution in [0.5, 0.6) is 0 Å². The predicted molar refractivity (Wildman–Crippen MR) is 150 cm³/mol. The standard InChI is InChI=1S/C30H28N4O2S/c1-3-21-12-10-11-17-25(21)34-26(35)19-37-30-24(18-31)28(22-13-6-4-7-14-22)27(20(2)32-30)29(36)33-23-15-8-5-9-16-23/h4-17,28,32H,3,19H2,1-2H3,(H,33,36)(H,34,35)/t28-/m1/s1. The molecule has 6 nitrogen and oxygen atoms in total. The normalized spacial score (nSPS) is 15.0. The van der Waals surface area contributed by atoms with Crippen LogP contribution in [0.2, 0.25) is 0 Å². The second-order valence-corrected chi connectivity index (χ2v) is 9.52. The average molecular weight is 509 g/mol. The molecule has 1 heterocycles. The van der Waals surface area contributed by atoms with Crippen molar-refractivity contribution < 1.29 is 9.59 Å². The molecular formula is C30H28N4O2S. The van der Waals surface area contributed by atoms with Crippen molar-refractivity contribution in [3.63, 3.8) is 0 Å². The highest BCUT2D eigenvalue weighted by Gasteiger charge is 2.34. The summed E-state index contributed by atoms with van der Waals surface area (Å²) < 4.78 is 0. The van der Waals surface area contributed by atoms with Gasteiger partial charge in [-0.25, -0.2) is 0 Å². The first kappa shape index (κ1) is 25.8. The van der Waals surface area contributed by atoms with E-state index in [0.29, 0.717) is 27.6 Å². The SMILES string of the molecule is CCc1ccccc1NC(=O)CSC1=C(C#N)[C@@H](c2ccccc2)C(C(=O)Nc2ccccc2)=C(C)N1. The fraction of sp³-hybridized carbons (Fsp3) is 0.167. The Hall–Kier alpha value is -4.28. The van der Waals surface area contributed by atoms with Crippen LogP contribution in [-0.2, 0) is 16.0 Å². The maximum absolute atomic E-state index is 13.4. The minimum Gasteiger partial charge on any atom is -0.353 e. The molecule has 3 N–H and O–H groups in total. The molecule has 0 saturated carbocycles. The summed E-state index contributed by atoms with van der Waals surface area (Å²) in [5.41, 5.74) is 4.87. The fourth-order valence-electron chi connectivity index (χ4n) is 4.30. The largest absolute Gasteiger partial charge is 0.353 e. The Morgan fingerprint density at radius 3 is 2.27 bits per heavy atom. The van der Waals surface area contributed by atoms with Crippen molar-refractivity contribution in [2.45, 2.75) is 26.2 Å². The van der Waals surface area contributed by atoms with E-state index in [1.54, 1.807) is 0 Å². The number of benzene rings is 3. The molecule has 3 aromatic carbocycles. The number of allylic oxidation sites excluding steroid dienone is 2. The molecule has 2 amide bonds. The number of thioether (sulfide) groups is 1. The summed E-state index contributed by atoms with van der Waals surface area (Å²) in [5, 5.41) is 20.0. The van der Waals surface area contributed by atoms with Crippen LogP contribution in [0, 0.1) is 11.3 Å². The van der Waals surface area contributed by atoms with Crippen LogP contribution in [0.3, 0.4) is 0 Å². The zero-order chi connectivity index (χ0) is 26.2. The minimum atomic E-state index is -0.567.